The lowest BCUT2D eigenvalue weighted by Crippen LogP contribution is -2.39. The van der Waals surface area contributed by atoms with E-state index in [1.807, 2.05) is 0 Å². The summed E-state index contributed by atoms with van der Waals surface area (Å²) in [6, 6.07) is 6.04. The van der Waals surface area contributed by atoms with Crippen LogP contribution in [0.15, 0.2) is 36.7 Å². The first-order chi connectivity index (χ1) is 20.8. The monoisotopic (exact) mass is 688 g/mol. The van der Waals surface area contributed by atoms with Crippen LogP contribution in [0.25, 0.3) is 0 Å². The van der Waals surface area contributed by atoms with Gasteiger partial charge in [-0.25, -0.2) is 26.4 Å². The summed E-state index contributed by atoms with van der Waals surface area (Å²) in [5, 5.41) is 10.6. The van der Waals surface area contributed by atoms with Gasteiger partial charge >= 0.3 is 12.2 Å². The molecule has 0 aromatic carbocycles. The molecule has 0 spiro atoms. The highest BCUT2D eigenvalue weighted by atomic mass is 32.2. The molecule has 16 nitrogen and oxygen atoms in total. The lowest BCUT2D eigenvalue weighted by molar-refractivity contribution is -0.385. The highest BCUT2D eigenvalue weighted by Crippen LogP contribution is 2.15. The molecule has 18 heteroatoms. The smallest absolute Gasteiger partial charge is 0.410 e. The number of amides is 2. The van der Waals surface area contributed by atoms with Crippen LogP contribution in [0.1, 0.15) is 52.9 Å². The summed E-state index contributed by atoms with van der Waals surface area (Å²) in [5.41, 5.74) is 5.52. The lowest BCUT2D eigenvalue weighted by atomic mass is 10.2. The minimum absolute atomic E-state index is 0.0115. The van der Waals surface area contributed by atoms with Crippen molar-refractivity contribution in [1.29, 1.82) is 0 Å². The maximum absolute atomic E-state index is 12.2. The van der Waals surface area contributed by atoms with Crippen molar-refractivity contribution in [3.8, 4) is 0 Å². The van der Waals surface area contributed by atoms with Gasteiger partial charge in [-0.2, -0.15) is 0 Å². The van der Waals surface area contributed by atoms with Crippen LogP contribution in [0.2, 0.25) is 0 Å². The number of pyridine rings is 2. The van der Waals surface area contributed by atoms with Crippen LogP contribution in [0.5, 0.6) is 0 Å². The molecule has 2 heterocycles. The number of sulfone groups is 2. The van der Waals surface area contributed by atoms with Crippen LogP contribution in [0.4, 0.5) is 21.0 Å². The van der Waals surface area contributed by atoms with Crippen molar-refractivity contribution in [2.45, 2.75) is 65.8 Å². The quantitative estimate of drug-likeness (QED) is 0.265. The van der Waals surface area contributed by atoms with Crippen molar-refractivity contribution in [1.82, 2.24) is 19.8 Å². The van der Waals surface area contributed by atoms with Gasteiger partial charge in [0.05, 0.1) is 52.8 Å². The second-order valence-corrected chi connectivity index (χ2v) is 16.9. The third-order valence-corrected chi connectivity index (χ3v) is 7.19. The summed E-state index contributed by atoms with van der Waals surface area (Å²) in [6.07, 6.45) is 3.52. The third kappa shape index (κ3) is 18.0. The molecule has 0 atom stereocenters. The highest BCUT2D eigenvalue weighted by molar-refractivity contribution is 7.90. The number of rotatable bonds is 11. The number of ether oxygens (including phenoxy) is 2. The molecule has 2 N–H and O–H groups in total. The normalized spacial score (nSPS) is 11.9. The fraction of sp³-hybridized carbons (Fsp3) is 0.571. The third-order valence-electron chi connectivity index (χ3n) is 5.34. The van der Waals surface area contributed by atoms with Crippen molar-refractivity contribution in [2.24, 2.45) is 0 Å². The zero-order valence-corrected chi connectivity index (χ0v) is 29.1. The SMILES string of the molecule is CC(C)(C)OC(=O)N(CCS(C)(=O)=O)Cc1ccc(N)cn1.CC(C)(C)OC(=O)N(CCS(C)(=O)=O)Cc1ccc([N+](=O)[O-])cn1. The Morgan fingerprint density at radius 3 is 1.46 bits per heavy atom. The molecule has 258 valence electrons. The Kier molecular flexibility index (Phi) is 14.3. The number of nitrogens with zero attached hydrogens (tertiary/aromatic N) is 5. The predicted octanol–water partition coefficient (Wildman–Crippen LogP) is 3.22. The molecule has 0 fully saturated rings. The van der Waals surface area contributed by atoms with Crippen molar-refractivity contribution in [3.63, 3.8) is 0 Å². The molecule has 2 rings (SSSR count). The van der Waals surface area contributed by atoms with Crippen LogP contribution >= 0.6 is 0 Å². The largest absolute Gasteiger partial charge is 0.444 e. The van der Waals surface area contributed by atoms with Crippen LogP contribution in [0.3, 0.4) is 0 Å². The Balaban J connectivity index is 0.000000462. The Bertz CT molecular complexity index is 1530. The number of hydrogen-bond donors (Lipinski definition) is 1. The van der Waals surface area contributed by atoms with E-state index in [1.165, 1.54) is 28.1 Å². The molecule has 0 aliphatic carbocycles. The second kappa shape index (κ2) is 16.5. The van der Waals surface area contributed by atoms with Gasteiger partial charge in [0.25, 0.3) is 5.69 Å². The van der Waals surface area contributed by atoms with Gasteiger partial charge in [0.15, 0.2) is 0 Å². The van der Waals surface area contributed by atoms with Gasteiger partial charge in [0.1, 0.15) is 37.1 Å². The van der Waals surface area contributed by atoms with Crippen LogP contribution in [-0.2, 0) is 42.2 Å². The predicted molar refractivity (Wildman–Crippen MR) is 172 cm³/mol. The van der Waals surface area contributed by atoms with E-state index < -0.39 is 48.0 Å². The van der Waals surface area contributed by atoms with Gasteiger partial charge in [-0.05, 0) is 59.7 Å². The summed E-state index contributed by atoms with van der Waals surface area (Å²) in [4.78, 5) is 45.1. The number of hydrogen-bond acceptors (Lipinski definition) is 13. The first kappa shape index (κ1) is 40.0. The summed E-state index contributed by atoms with van der Waals surface area (Å²) >= 11 is 0. The zero-order chi connectivity index (χ0) is 35.5. The fourth-order valence-corrected chi connectivity index (χ4v) is 4.32. The highest BCUT2D eigenvalue weighted by Gasteiger charge is 2.25. The molecule has 46 heavy (non-hydrogen) atoms. The van der Waals surface area contributed by atoms with Crippen molar-refractivity contribution in [3.05, 3.63) is 58.2 Å². The molecule has 0 saturated heterocycles. The molecule has 0 saturated carbocycles. The van der Waals surface area contributed by atoms with E-state index in [0.717, 1.165) is 18.7 Å². The van der Waals surface area contributed by atoms with E-state index in [9.17, 15) is 36.5 Å². The van der Waals surface area contributed by atoms with Crippen LogP contribution < -0.4 is 5.73 Å². The number of nitrogens with two attached hydrogens (primary N) is 1. The van der Waals surface area contributed by atoms with E-state index in [2.05, 4.69) is 9.97 Å². The minimum Gasteiger partial charge on any atom is -0.444 e. The number of carbonyl (C=O) groups is 2. The molecule has 0 radical (unpaired) electrons. The van der Waals surface area contributed by atoms with E-state index in [0.29, 0.717) is 17.1 Å². The molecule has 0 unspecified atom stereocenters. The van der Waals surface area contributed by atoms with Crippen molar-refractivity contribution in [2.75, 3.05) is 42.8 Å². The number of nitro groups is 1. The minimum atomic E-state index is -3.27. The summed E-state index contributed by atoms with van der Waals surface area (Å²) < 4.78 is 55.9. The number of carbonyl (C=O) groups excluding carboxylic acids is 2. The molecule has 2 aromatic heterocycles. The zero-order valence-electron chi connectivity index (χ0n) is 27.4. The van der Waals surface area contributed by atoms with Gasteiger partial charge in [-0.3, -0.25) is 20.1 Å². The maximum atomic E-state index is 12.2. The van der Waals surface area contributed by atoms with E-state index in [1.54, 1.807) is 53.7 Å². The number of nitrogen functional groups attached to an aromatic ring is 1. The lowest BCUT2D eigenvalue weighted by Gasteiger charge is -2.27. The Morgan fingerprint density at radius 1 is 0.783 bits per heavy atom. The van der Waals surface area contributed by atoms with Gasteiger partial charge in [0.2, 0.25) is 0 Å². The van der Waals surface area contributed by atoms with E-state index >= 15 is 0 Å². The average molecular weight is 689 g/mol. The van der Waals surface area contributed by atoms with E-state index in [-0.39, 0.29) is 43.4 Å². The van der Waals surface area contributed by atoms with E-state index in [4.69, 9.17) is 15.2 Å². The summed E-state index contributed by atoms with van der Waals surface area (Å²) in [6.45, 7) is 10.5. The molecule has 0 aliphatic rings. The average Bonchev–Trinajstić information content (AvgIpc) is 2.87. The van der Waals surface area contributed by atoms with Crippen LogP contribution in [-0.4, -0.2) is 102 Å². The van der Waals surface area contributed by atoms with Crippen molar-refractivity contribution < 1.29 is 40.8 Å². The topological polar surface area (TPSA) is 222 Å². The maximum Gasteiger partial charge on any atom is 0.410 e. The molecular weight excluding hydrogens is 644 g/mol. The van der Waals surface area contributed by atoms with Gasteiger partial charge < -0.3 is 25.0 Å². The second-order valence-electron chi connectivity index (χ2n) is 12.4. The molecular formula is C28H44N6O10S2. The Morgan fingerprint density at radius 2 is 1.17 bits per heavy atom. The van der Waals surface area contributed by atoms with Gasteiger partial charge in [-0.1, -0.05) is 0 Å². The summed E-state index contributed by atoms with van der Waals surface area (Å²) in [7, 11) is -6.45. The van der Waals surface area contributed by atoms with Crippen molar-refractivity contribution >= 4 is 43.2 Å². The molecule has 2 aromatic rings. The number of anilines is 1. The first-order valence-corrected chi connectivity index (χ1v) is 18.1. The Hall–Kier alpha value is -4.06. The first-order valence-electron chi connectivity index (χ1n) is 13.9. The van der Waals surface area contributed by atoms with Gasteiger partial charge in [-0.15, -0.1) is 0 Å². The van der Waals surface area contributed by atoms with Gasteiger partial charge in [0, 0.05) is 31.7 Å². The molecule has 0 bridgehead atoms. The number of aromatic nitrogens is 2. The molecule has 2 amide bonds. The fourth-order valence-electron chi connectivity index (χ4n) is 3.21. The standard InChI is InChI=1S/C14H21N3O6S.C14H23N3O4S/c1-14(2,3)23-13(18)16(7-8-24(4,21)22)10-11-5-6-12(9-15-11)17(19)20;1-14(2,3)21-13(18)17(7-8-22(4,19)20)10-12-6-5-11(15)9-16-12/h5-6,9H,7-8,10H2,1-4H3;5-6,9H,7-8,10,15H2,1-4H3. The summed E-state index contributed by atoms with van der Waals surface area (Å²) in [5.74, 6) is -0.361. The van der Waals surface area contributed by atoms with Crippen LogP contribution in [0, 0.1) is 10.1 Å². The Labute approximate surface area is 270 Å². The molecule has 0 aliphatic heterocycles.